The molecule has 0 radical (unpaired) electrons. The summed E-state index contributed by atoms with van der Waals surface area (Å²) in [6.07, 6.45) is 5.81. The van der Waals surface area contributed by atoms with Crippen LogP contribution in [0.25, 0.3) is 16.7 Å². The summed E-state index contributed by atoms with van der Waals surface area (Å²) in [5.41, 5.74) is 24.9. The number of nitrogens with two attached hydrogens (primary N) is 3. The number of hydrogen-bond donors (Lipinski definition) is 3. The van der Waals surface area contributed by atoms with Crippen molar-refractivity contribution in [2.45, 2.75) is 25.7 Å². The van der Waals surface area contributed by atoms with Crippen molar-refractivity contribution in [1.82, 2.24) is 14.5 Å². The van der Waals surface area contributed by atoms with E-state index < -0.39 is 0 Å². The lowest BCUT2D eigenvalue weighted by atomic mass is 10.2. The zero-order chi connectivity index (χ0) is 20.2. The first-order valence-corrected chi connectivity index (χ1v) is 9.91. The average Bonchev–Trinajstić information content (AvgIpc) is 3.32. The molecule has 0 atom stereocenters. The first kappa shape index (κ1) is 19.0. The molecule has 0 aliphatic heterocycles. The number of aromatic nitrogens is 3. The highest BCUT2D eigenvalue weighted by atomic mass is 15.1. The summed E-state index contributed by atoms with van der Waals surface area (Å²) in [6.45, 7) is 0.740. The van der Waals surface area contributed by atoms with Crippen LogP contribution in [-0.4, -0.2) is 21.1 Å². The molecule has 0 bridgehead atoms. The van der Waals surface area contributed by atoms with Crippen molar-refractivity contribution in [2.24, 2.45) is 5.73 Å². The summed E-state index contributed by atoms with van der Waals surface area (Å²) in [5.74, 6) is 0.529. The zero-order valence-electron chi connectivity index (χ0n) is 16.4. The largest absolute Gasteiger partial charge is 0.399 e. The molecule has 2 heterocycles. The summed E-state index contributed by atoms with van der Waals surface area (Å²) in [6, 6.07) is 18.1. The smallest absolute Gasteiger partial charge is 0.151 e. The van der Waals surface area contributed by atoms with Crippen LogP contribution in [0.1, 0.15) is 23.2 Å². The van der Waals surface area contributed by atoms with E-state index in [1.54, 1.807) is 6.33 Å². The maximum absolute atomic E-state index is 6.09. The number of aryl methyl sites for hydroxylation is 1. The molecule has 0 amide bonds. The minimum Gasteiger partial charge on any atom is -0.399 e. The molecule has 0 saturated heterocycles. The van der Waals surface area contributed by atoms with Crippen LogP contribution in [0.15, 0.2) is 60.9 Å². The van der Waals surface area contributed by atoms with Gasteiger partial charge in [-0.15, -0.1) is 0 Å². The van der Waals surface area contributed by atoms with Crippen LogP contribution in [0.2, 0.25) is 0 Å². The second kappa shape index (κ2) is 8.32. The van der Waals surface area contributed by atoms with E-state index in [0.717, 1.165) is 48.2 Å². The Morgan fingerprint density at radius 1 is 0.897 bits per heavy atom. The Balaban J connectivity index is 0.000000192. The fourth-order valence-electron chi connectivity index (χ4n) is 3.92. The van der Waals surface area contributed by atoms with Crippen molar-refractivity contribution in [2.75, 3.05) is 18.0 Å². The lowest BCUT2D eigenvalue weighted by Gasteiger charge is -2.10. The van der Waals surface area contributed by atoms with Gasteiger partial charge in [0.05, 0.1) is 5.52 Å². The Labute approximate surface area is 170 Å². The molecular formula is C23H26N6. The molecule has 4 aromatic rings. The van der Waals surface area contributed by atoms with E-state index in [-0.39, 0.29) is 0 Å². The molecule has 1 aliphatic carbocycles. The third kappa shape index (κ3) is 3.79. The van der Waals surface area contributed by atoms with Gasteiger partial charge in [0.1, 0.15) is 11.8 Å². The molecule has 0 unspecified atom stereocenters. The highest BCUT2D eigenvalue weighted by Gasteiger charge is 2.24. The van der Waals surface area contributed by atoms with Crippen LogP contribution < -0.4 is 17.2 Å². The van der Waals surface area contributed by atoms with Crippen molar-refractivity contribution in [1.29, 1.82) is 0 Å². The summed E-state index contributed by atoms with van der Waals surface area (Å²) in [5, 5.41) is 0. The Hall–Kier alpha value is -3.38. The standard InChI is InChI=1S/C15H15N5.C8H11N/c16-9-4-6-10(7-5-9)20-12-3-1-2-11(12)13-14(20)15(17)19-8-18-13;9-7-6-8-4-2-1-3-5-8/h4-8H,1-3,16H2,(H2,17,18,19);1-5H,6-7,9H2. The van der Waals surface area contributed by atoms with Gasteiger partial charge in [-0.1, -0.05) is 30.3 Å². The fraction of sp³-hybridized carbons (Fsp3) is 0.217. The van der Waals surface area contributed by atoms with Gasteiger partial charge in [0, 0.05) is 17.1 Å². The molecule has 5 rings (SSSR count). The number of anilines is 2. The number of fused-ring (bicyclic) bond motifs is 3. The van der Waals surface area contributed by atoms with Crippen LogP contribution in [-0.2, 0) is 19.3 Å². The van der Waals surface area contributed by atoms with E-state index >= 15 is 0 Å². The van der Waals surface area contributed by atoms with Gasteiger partial charge in [-0.2, -0.15) is 0 Å². The second-order valence-corrected chi connectivity index (χ2v) is 7.19. The molecule has 6 heteroatoms. The maximum atomic E-state index is 6.09. The van der Waals surface area contributed by atoms with Gasteiger partial charge in [0.25, 0.3) is 0 Å². The van der Waals surface area contributed by atoms with E-state index in [1.165, 1.54) is 23.2 Å². The molecule has 0 spiro atoms. The molecular weight excluding hydrogens is 360 g/mol. The van der Waals surface area contributed by atoms with Crippen molar-refractivity contribution in [3.63, 3.8) is 0 Å². The first-order chi connectivity index (χ1) is 14.2. The molecule has 148 valence electrons. The quantitative estimate of drug-likeness (QED) is 0.468. The van der Waals surface area contributed by atoms with E-state index in [2.05, 4.69) is 26.7 Å². The van der Waals surface area contributed by atoms with Crippen LogP contribution in [0.5, 0.6) is 0 Å². The third-order valence-electron chi connectivity index (χ3n) is 5.25. The topological polar surface area (TPSA) is 109 Å². The Bertz CT molecular complexity index is 1100. The number of rotatable bonds is 3. The molecule has 29 heavy (non-hydrogen) atoms. The predicted octanol–water partition coefficient (Wildman–Crippen LogP) is 3.26. The zero-order valence-corrected chi connectivity index (χ0v) is 16.4. The average molecular weight is 387 g/mol. The molecule has 0 saturated carbocycles. The molecule has 6 N–H and O–H groups in total. The predicted molar refractivity (Wildman–Crippen MR) is 119 cm³/mol. The number of nitrogen functional groups attached to an aromatic ring is 2. The van der Waals surface area contributed by atoms with Crippen molar-refractivity contribution in [3.05, 3.63) is 77.7 Å². The highest BCUT2D eigenvalue weighted by Crippen LogP contribution is 2.36. The molecule has 0 fully saturated rings. The maximum Gasteiger partial charge on any atom is 0.151 e. The number of nitrogens with zero attached hydrogens (tertiary/aromatic N) is 3. The van der Waals surface area contributed by atoms with E-state index in [0.29, 0.717) is 5.82 Å². The SMILES string of the molecule is NCCc1ccccc1.Nc1ccc(-n2c3c(c4ncnc(N)c42)CCC3)cc1. The molecule has 1 aliphatic rings. The number of benzene rings is 2. The van der Waals surface area contributed by atoms with Crippen molar-refractivity contribution in [3.8, 4) is 5.69 Å². The first-order valence-electron chi connectivity index (χ1n) is 9.91. The molecule has 2 aromatic heterocycles. The molecule has 2 aromatic carbocycles. The van der Waals surface area contributed by atoms with Crippen LogP contribution >= 0.6 is 0 Å². The van der Waals surface area contributed by atoms with Crippen molar-refractivity contribution < 1.29 is 0 Å². The van der Waals surface area contributed by atoms with Gasteiger partial charge in [-0.25, -0.2) is 9.97 Å². The van der Waals surface area contributed by atoms with Gasteiger partial charge < -0.3 is 21.8 Å². The monoisotopic (exact) mass is 386 g/mol. The Morgan fingerprint density at radius 3 is 2.38 bits per heavy atom. The van der Waals surface area contributed by atoms with Gasteiger partial charge in [0.15, 0.2) is 5.82 Å². The van der Waals surface area contributed by atoms with Gasteiger partial charge >= 0.3 is 0 Å². The molecule has 6 nitrogen and oxygen atoms in total. The normalized spacial score (nSPS) is 12.4. The van der Waals surface area contributed by atoms with Crippen molar-refractivity contribution >= 4 is 22.5 Å². The fourth-order valence-corrected chi connectivity index (χ4v) is 3.92. The number of hydrogen-bond acceptors (Lipinski definition) is 5. The van der Waals surface area contributed by atoms with Crippen LogP contribution in [0.4, 0.5) is 11.5 Å². The minimum absolute atomic E-state index is 0.529. The lowest BCUT2D eigenvalue weighted by molar-refractivity contribution is 0.872. The van der Waals surface area contributed by atoms with E-state index in [4.69, 9.17) is 17.2 Å². The van der Waals surface area contributed by atoms with Crippen LogP contribution in [0.3, 0.4) is 0 Å². The van der Waals surface area contributed by atoms with Gasteiger partial charge in [-0.05, 0) is 67.6 Å². The Morgan fingerprint density at radius 2 is 1.66 bits per heavy atom. The Kier molecular flexibility index (Phi) is 5.44. The summed E-state index contributed by atoms with van der Waals surface area (Å²) in [7, 11) is 0. The highest BCUT2D eigenvalue weighted by molar-refractivity contribution is 5.91. The van der Waals surface area contributed by atoms with Gasteiger partial charge in [-0.3, -0.25) is 0 Å². The van der Waals surface area contributed by atoms with Gasteiger partial charge in [0.2, 0.25) is 0 Å². The minimum atomic E-state index is 0.529. The summed E-state index contributed by atoms with van der Waals surface area (Å²) < 4.78 is 2.19. The van der Waals surface area contributed by atoms with Crippen LogP contribution in [0, 0.1) is 0 Å². The second-order valence-electron chi connectivity index (χ2n) is 7.19. The van der Waals surface area contributed by atoms with E-state index in [9.17, 15) is 0 Å². The summed E-state index contributed by atoms with van der Waals surface area (Å²) >= 11 is 0. The lowest BCUT2D eigenvalue weighted by Crippen LogP contribution is -2.02. The third-order valence-corrected chi connectivity index (χ3v) is 5.25. The van der Waals surface area contributed by atoms with E-state index in [1.807, 2.05) is 42.5 Å². The summed E-state index contributed by atoms with van der Waals surface area (Å²) in [4.78, 5) is 8.59.